The monoisotopic (exact) mass is 300 g/mol. The van der Waals surface area contributed by atoms with Crippen LogP contribution in [0.4, 0.5) is 5.95 Å². The third-order valence-corrected chi connectivity index (χ3v) is 4.04. The minimum absolute atomic E-state index is 0.0505. The normalized spacial score (nSPS) is 18.4. The summed E-state index contributed by atoms with van der Waals surface area (Å²) in [5, 5.41) is 3.46. The zero-order valence-electron chi connectivity index (χ0n) is 12.6. The number of rotatable bonds is 3. The molecular formula is C16H20N4O2. The minimum Gasteiger partial charge on any atom is -0.356 e. The number of para-hydroxylation sites is 1. The summed E-state index contributed by atoms with van der Waals surface area (Å²) in [6.45, 7) is 3.95. The molecule has 1 atom stereocenters. The molecule has 6 nitrogen and oxygen atoms in total. The molecule has 1 aliphatic rings. The van der Waals surface area contributed by atoms with Crippen LogP contribution in [0.3, 0.4) is 0 Å². The summed E-state index contributed by atoms with van der Waals surface area (Å²) < 4.78 is 0. The predicted octanol–water partition coefficient (Wildman–Crippen LogP) is 1.28. The molecule has 1 amide bonds. The highest BCUT2D eigenvalue weighted by molar-refractivity contribution is 5.80. The summed E-state index contributed by atoms with van der Waals surface area (Å²) in [5.41, 5.74) is 0.544. The van der Waals surface area contributed by atoms with E-state index in [0.29, 0.717) is 29.9 Å². The SMILES string of the molecule is CCNC(=O)C1CCCN(c2nc3ccccc3c(=O)[nH]2)C1. The first-order valence-corrected chi connectivity index (χ1v) is 7.70. The number of benzene rings is 1. The number of carbonyl (C=O) groups is 1. The fourth-order valence-corrected chi connectivity index (χ4v) is 2.93. The zero-order valence-corrected chi connectivity index (χ0v) is 12.6. The maximum Gasteiger partial charge on any atom is 0.260 e. The molecule has 2 heterocycles. The third kappa shape index (κ3) is 2.81. The molecule has 6 heteroatoms. The Hall–Kier alpha value is -2.37. The molecule has 0 aliphatic carbocycles. The van der Waals surface area contributed by atoms with Crippen molar-refractivity contribution in [2.24, 2.45) is 5.92 Å². The Labute approximate surface area is 128 Å². The highest BCUT2D eigenvalue weighted by Gasteiger charge is 2.26. The quantitative estimate of drug-likeness (QED) is 0.895. The number of anilines is 1. The Balaban J connectivity index is 1.87. The molecule has 2 N–H and O–H groups in total. The zero-order chi connectivity index (χ0) is 15.5. The van der Waals surface area contributed by atoms with Gasteiger partial charge in [-0.3, -0.25) is 14.6 Å². The van der Waals surface area contributed by atoms with Crippen LogP contribution in [0.25, 0.3) is 10.9 Å². The Bertz CT molecular complexity index is 740. The van der Waals surface area contributed by atoms with Crippen molar-refractivity contribution in [3.8, 4) is 0 Å². The first-order chi connectivity index (χ1) is 10.7. The molecule has 0 spiro atoms. The van der Waals surface area contributed by atoms with Crippen LogP contribution in [0.2, 0.25) is 0 Å². The van der Waals surface area contributed by atoms with Crippen molar-refractivity contribution in [1.82, 2.24) is 15.3 Å². The van der Waals surface area contributed by atoms with E-state index in [1.165, 1.54) is 0 Å². The second-order valence-electron chi connectivity index (χ2n) is 5.59. The van der Waals surface area contributed by atoms with Crippen molar-refractivity contribution in [2.75, 3.05) is 24.5 Å². The number of amides is 1. The van der Waals surface area contributed by atoms with Gasteiger partial charge in [0.1, 0.15) is 0 Å². The van der Waals surface area contributed by atoms with Gasteiger partial charge >= 0.3 is 0 Å². The standard InChI is InChI=1S/C16H20N4O2/c1-2-17-14(21)11-6-5-9-20(10-11)16-18-13-8-4-3-7-12(13)15(22)19-16/h3-4,7-8,11H,2,5-6,9-10H2,1H3,(H,17,21)(H,18,19,22). The Morgan fingerprint density at radius 2 is 2.27 bits per heavy atom. The van der Waals surface area contributed by atoms with Gasteiger partial charge in [0.05, 0.1) is 16.8 Å². The van der Waals surface area contributed by atoms with Crippen LogP contribution in [0.15, 0.2) is 29.1 Å². The van der Waals surface area contributed by atoms with Crippen LogP contribution in [0.5, 0.6) is 0 Å². The van der Waals surface area contributed by atoms with E-state index in [0.717, 1.165) is 19.4 Å². The Morgan fingerprint density at radius 3 is 3.09 bits per heavy atom. The smallest absolute Gasteiger partial charge is 0.260 e. The summed E-state index contributed by atoms with van der Waals surface area (Å²) in [5.74, 6) is 0.582. The third-order valence-electron chi connectivity index (χ3n) is 4.04. The van der Waals surface area contributed by atoms with E-state index in [2.05, 4.69) is 15.3 Å². The molecule has 3 rings (SSSR count). The van der Waals surface area contributed by atoms with Gasteiger partial charge in [-0.05, 0) is 31.9 Å². The maximum atomic E-state index is 12.2. The van der Waals surface area contributed by atoms with Gasteiger partial charge in [-0.15, -0.1) is 0 Å². The van der Waals surface area contributed by atoms with Crippen LogP contribution in [0.1, 0.15) is 19.8 Å². The van der Waals surface area contributed by atoms with Gasteiger partial charge in [0, 0.05) is 19.6 Å². The van der Waals surface area contributed by atoms with E-state index in [1.807, 2.05) is 30.0 Å². The molecule has 1 aromatic carbocycles. The van der Waals surface area contributed by atoms with Gasteiger partial charge in [-0.2, -0.15) is 0 Å². The summed E-state index contributed by atoms with van der Waals surface area (Å²) >= 11 is 0. The van der Waals surface area contributed by atoms with Crippen molar-refractivity contribution in [3.63, 3.8) is 0 Å². The lowest BCUT2D eigenvalue weighted by Crippen LogP contribution is -2.44. The molecule has 0 saturated carbocycles. The predicted molar refractivity (Wildman–Crippen MR) is 86.0 cm³/mol. The van der Waals surface area contributed by atoms with Gasteiger partial charge in [-0.25, -0.2) is 4.98 Å². The molecule has 116 valence electrons. The highest BCUT2D eigenvalue weighted by atomic mass is 16.2. The van der Waals surface area contributed by atoms with E-state index >= 15 is 0 Å². The van der Waals surface area contributed by atoms with Gasteiger partial charge in [0.25, 0.3) is 5.56 Å². The average Bonchev–Trinajstić information content (AvgIpc) is 2.55. The number of nitrogens with one attached hydrogen (secondary N) is 2. The molecule has 1 aromatic heterocycles. The van der Waals surface area contributed by atoms with E-state index in [1.54, 1.807) is 6.07 Å². The van der Waals surface area contributed by atoms with Crippen LogP contribution >= 0.6 is 0 Å². The molecule has 2 aromatic rings. The van der Waals surface area contributed by atoms with Crippen molar-refractivity contribution >= 4 is 22.8 Å². The number of H-pyrrole nitrogens is 1. The fourth-order valence-electron chi connectivity index (χ4n) is 2.93. The van der Waals surface area contributed by atoms with Gasteiger partial charge in [-0.1, -0.05) is 12.1 Å². The lowest BCUT2D eigenvalue weighted by Gasteiger charge is -2.32. The van der Waals surface area contributed by atoms with E-state index < -0.39 is 0 Å². The molecule has 0 bridgehead atoms. The first kappa shape index (κ1) is 14.6. The number of hydrogen-bond acceptors (Lipinski definition) is 4. The lowest BCUT2D eigenvalue weighted by atomic mass is 9.97. The molecule has 22 heavy (non-hydrogen) atoms. The number of aromatic amines is 1. The van der Waals surface area contributed by atoms with Crippen molar-refractivity contribution in [3.05, 3.63) is 34.6 Å². The second-order valence-corrected chi connectivity index (χ2v) is 5.59. The van der Waals surface area contributed by atoms with Crippen LogP contribution in [-0.4, -0.2) is 35.5 Å². The topological polar surface area (TPSA) is 78.1 Å². The summed E-state index contributed by atoms with van der Waals surface area (Å²) in [6, 6.07) is 7.29. The lowest BCUT2D eigenvalue weighted by molar-refractivity contribution is -0.125. The molecular weight excluding hydrogens is 280 g/mol. The minimum atomic E-state index is -0.138. The highest BCUT2D eigenvalue weighted by Crippen LogP contribution is 2.21. The van der Waals surface area contributed by atoms with Crippen molar-refractivity contribution in [1.29, 1.82) is 0 Å². The second kappa shape index (κ2) is 6.17. The number of piperidine rings is 1. The first-order valence-electron chi connectivity index (χ1n) is 7.70. The van der Waals surface area contributed by atoms with Gasteiger partial charge < -0.3 is 10.2 Å². The van der Waals surface area contributed by atoms with Crippen molar-refractivity contribution < 1.29 is 4.79 Å². The van der Waals surface area contributed by atoms with Crippen LogP contribution in [-0.2, 0) is 4.79 Å². The molecule has 1 saturated heterocycles. The molecule has 0 radical (unpaired) electrons. The number of fused-ring (bicyclic) bond motifs is 1. The number of carbonyl (C=O) groups excluding carboxylic acids is 1. The Morgan fingerprint density at radius 1 is 1.45 bits per heavy atom. The molecule has 1 unspecified atom stereocenters. The summed E-state index contributed by atoms with van der Waals surface area (Å²) in [4.78, 5) is 33.6. The molecule has 1 fully saturated rings. The van der Waals surface area contributed by atoms with E-state index in [9.17, 15) is 9.59 Å². The number of hydrogen-bond donors (Lipinski definition) is 2. The van der Waals surface area contributed by atoms with Crippen LogP contribution in [0, 0.1) is 5.92 Å². The average molecular weight is 300 g/mol. The summed E-state index contributed by atoms with van der Waals surface area (Å²) in [6.07, 6.45) is 1.79. The van der Waals surface area contributed by atoms with E-state index in [-0.39, 0.29) is 17.4 Å². The van der Waals surface area contributed by atoms with E-state index in [4.69, 9.17) is 0 Å². The van der Waals surface area contributed by atoms with Crippen molar-refractivity contribution in [2.45, 2.75) is 19.8 Å². The fraction of sp³-hybridized carbons (Fsp3) is 0.438. The Kier molecular flexibility index (Phi) is 4.09. The largest absolute Gasteiger partial charge is 0.356 e. The number of nitrogens with zero attached hydrogens (tertiary/aromatic N) is 2. The maximum absolute atomic E-state index is 12.2. The van der Waals surface area contributed by atoms with Crippen LogP contribution < -0.4 is 15.8 Å². The van der Waals surface area contributed by atoms with Gasteiger partial charge in [0.2, 0.25) is 11.9 Å². The summed E-state index contributed by atoms with van der Waals surface area (Å²) in [7, 11) is 0. The number of aromatic nitrogens is 2. The molecule has 1 aliphatic heterocycles. The van der Waals surface area contributed by atoms with Gasteiger partial charge in [0.15, 0.2) is 0 Å².